The van der Waals surface area contributed by atoms with Crippen LogP contribution in [0, 0.1) is 0 Å². The minimum atomic E-state index is -3.41. The molecule has 1 aromatic rings. The van der Waals surface area contributed by atoms with E-state index in [2.05, 4.69) is 0 Å². The van der Waals surface area contributed by atoms with E-state index < -0.39 is 21.0 Å². The summed E-state index contributed by atoms with van der Waals surface area (Å²) in [5.74, 6) is -0.481. The number of amides is 1. The molecule has 0 saturated heterocycles. The average molecular weight is 300 g/mol. The van der Waals surface area contributed by atoms with Gasteiger partial charge in [-0.1, -0.05) is 12.2 Å². The topological polar surface area (TPSA) is 80.5 Å². The zero-order valence-electron chi connectivity index (χ0n) is 11.0. The average Bonchev–Trinajstić information content (AvgIpc) is 2.35. The summed E-state index contributed by atoms with van der Waals surface area (Å²) in [5.41, 5.74) is 6.75. The lowest BCUT2D eigenvalue weighted by atomic mass is 10.2. The Morgan fingerprint density at radius 2 is 1.79 bits per heavy atom. The smallest absolute Gasteiger partial charge is 0.244 e. The normalized spacial score (nSPS) is 12.8. The highest BCUT2D eigenvalue weighted by Gasteiger charge is 2.27. The van der Waals surface area contributed by atoms with E-state index in [4.69, 9.17) is 18.0 Å². The van der Waals surface area contributed by atoms with E-state index in [9.17, 15) is 13.2 Å². The molecule has 5 nitrogen and oxygen atoms in total. The predicted octanol–water partition coefficient (Wildman–Crippen LogP) is 0.717. The molecule has 0 aliphatic heterocycles. The summed E-state index contributed by atoms with van der Waals surface area (Å²) < 4.78 is 22.7. The first kappa shape index (κ1) is 15.6. The molecule has 0 bridgehead atoms. The van der Waals surface area contributed by atoms with Gasteiger partial charge in [0.25, 0.3) is 0 Å². The molecular weight excluding hydrogens is 284 g/mol. The van der Waals surface area contributed by atoms with Crippen molar-refractivity contribution in [2.45, 2.75) is 12.2 Å². The van der Waals surface area contributed by atoms with E-state index in [1.54, 1.807) is 24.3 Å². The van der Waals surface area contributed by atoms with Crippen LogP contribution in [-0.4, -0.2) is 37.9 Å². The summed E-state index contributed by atoms with van der Waals surface area (Å²) in [6.45, 7) is 1.37. The Balaban J connectivity index is 2.97. The number of rotatable bonds is 4. The molecule has 7 heteroatoms. The third-order valence-corrected chi connectivity index (χ3v) is 4.58. The van der Waals surface area contributed by atoms with Crippen LogP contribution in [0.25, 0.3) is 0 Å². The second kappa shape index (κ2) is 5.66. The number of hydrogen-bond donors (Lipinski definition) is 1. The fourth-order valence-electron chi connectivity index (χ4n) is 1.43. The summed E-state index contributed by atoms with van der Waals surface area (Å²) in [6, 6.07) is 6.71. The highest BCUT2D eigenvalue weighted by molar-refractivity contribution is 7.92. The highest BCUT2D eigenvalue weighted by atomic mass is 32.2. The molecule has 0 aromatic heterocycles. The van der Waals surface area contributed by atoms with Crippen molar-refractivity contribution in [2.75, 3.05) is 18.2 Å². The maximum atomic E-state index is 12.0. The van der Waals surface area contributed by atoms with Gasteiger partial charge >= 0.3 is 0 Å². The van der Waals surface area contributed by atoms with Gasteiger partial charge < -0.3 is 10.6 Å². The number of nitrogens with two attached hydrogens (primary N) is 1. The van der Waals surface area contributed by atoms with Crippen LogP contribution in [0.4, 0.5) is 5.69 Å². The third-order valence-electron chi connectivity index (χ3n) is 2.86. The van der Waals surface area contributed by atoms with Crippen LogP contribution in [-0.2, 0) is 14.6 Å². The van der Waals surface area contributed by atoms with Gasteiger partial charge in [0, 0.05) is 24.6 Å². The van der Waals surface area contributed by atoms with Crippen molar-refractivity contribution in [1.29, 1.82) is 0 Å². The fourth-order valence-corrected chi connectivity index (χ4v) is 2.09. The van der Waals surface area contributed by atoms with Crippen molar-refractivity contribution >= 4 is 38.6 Å². The standard InChI is InChI=1S/C12H16N2O3S2/c1-8(19(3,16)17)12(15)14(2)10-6-4-9(5-7-10)11(13)18/h4-8H,1-3H3,(H2,13,18). The van der Waals surface area contributed by atoms with Gasteiger partial charge in [0.05, 0.1) is 0 Å². The molecule has 0 aliphatic carbocycles. The Labute approximate surface area is 118 Å². The summed E-state index contributed by atoms with van der Waals surface area (Å²) in [6.07, 6.45) is 1.04. The largest absolute Gasteiger partial charge is 0.389 e. The lowest BCUT2D eigenvalue weighted by Crippen LogP contribution is -2.38. The van der Waals surface area contributed by atoms with E-state index in [0.29, 0.717) is 11.3 Å². The van der Waals surface area contributed by atoms with Gasteiger partial charge in [0.1, 0.15) is 10.2 Å². The lowest BCUT2D eigenvalue weighted by Gasteiger charge is -2.20. The van der Waals surface area contributed by atoms with Crippen LogP contribution in [0.1, 0.15) is 12.5 Å². The quantitative estimate of drug-likeness (QED) is 0.829. The Hall–Kier alpha value is -1.47. The molecule has 1 aromatic carbocycles. The maximum Gasteiger partial charge on any atom is 0.244 e. The molecule has 0 radical (unpaired) electrons. The van der Waals surface area contributed by atoms with E-state index in [-0.39, 0.29) is 4.99 Å². The number of hydrogen-bond acceptors (Lipinski definition) is 4. The van der Waals surface area contributed by atoms with Crippen molar-refractivity contribution in [3.05, 3.63) is 29.8 Å². The van der Waals surface area contributed by atoms with Crippen molar-refractivity contribution in [3.8, 4) is 0 Å². The van der Waals surface area contributed by atoms with Gasteiger partial charge in [0.15, 0.2) is 9.84 Å². The molecule has 104 valence electrons. The highest BCUT2D eigenvalue weighted by Crippen LogP contribution is 2.16. The van der Waals surface area contributed by atoms with Crippen molar-refractivity contribution in [3.63, 3.8) is 0 Å². The Kier molecular flexibility index (Phi) is 4.65. The molecule has 2 N–H and O–H groups in total. The monoisotopic (exact) mass is 300 g/mol. The molecule has 0 saturated carbocycles. The molecular formula is C12H16N2O3S2. The zero-order valence-corrected chi connectivity index (χ0v) is 12.6. The number of thiocarbonyl (C=S) groups is 1. The number of nitrogens with zero attached hydrogens (tertiary/aromatic N) is 1. The molecule has 1 unspecified atom stereocenters. The van der Waals surface area contributed by atoms with Crippen LogP contribution in [0.15, 0.2) is 24.3 Å². The summed E-state index contributed by atoms with van der Waals surface area (Å²) in [4.78, 5) is 13.6. The zero-order chi connectivity index (χ0) is 14.8. The van der Waals surface area contributed by atoms with E-state index in [0.717, 1.165) is 6.26 Å². The van der Waals surface area contributed by atoms with Crippen LogP contribution in [0.5, 0.6) is 0 Å². The number of sulfone groups is 1. The Bertz CT molecular complexity index is 594. The van der Waals surface area contributed by atoms with E-state index >= 15 is 0 Å². The number of anilines is 1. The second-order valence-corrected chi connectivity index (χ2v) is 7.09. The lowest BCUT2D eigenvalue weighted by molar-refractivity contribution is -0.117. The first-order valence-electron chi connectivity index (χ1n) is 5.51. The van der Waals surface area contributed by atoms with Crippen molar-refractivity contribution in [2.24, 2.45) is 5.73 Å². The molecule has 0 heterocycles. The second-order valence-electron chi connectivity index (χ2n) is 4.28. The molecule has 1 rings (SSSR count). The maximum absolute atomic E-state index is 12.0. The summed E-state index contributed by atoms with van der Waals surface area (Å²) >= 11 is 4.83. The van der Waals surface area contributed by atoms with Crippen LogP contribution in [0.3, 0.4) is 0 Å². The van der Waals surface area contributed by atoms with Gasteiger partial charge in [-0.2, -0.15) is 0 Å². The summed E-state index contributed by atoms with van der Waals surface area (Å²) in [5, 5.41) is -1.08. The Morgan fingerprint density at radius 3 is 2.16 bits per heavy atom. The number of carbonyl (C=O) groups excluding carboxylic acids is 1. The van der Waals surface area contributed by atoms with Gasteiger partial charge in [-0.05, 0) is 31.2 Å². The first-order valence-corrected chi connectivity index (χ1v) is 7.87. The molecule has 1 amide bonds. The molecule has 0 fully saturated rings. The molecule has 1 atom stereocenters. The third kappa shape index (κ3) is 3.74. The minimum Gasteiger partial charge on any atom is -0.389 e. The number of carbonyl (C=O) groups is 1. The molecule has 0 spiro atoms. The van der Waals surface area contributed by atoms with E-state index in [1.807, 2.05) is 0 Å². The minimum absolute atomic E-state index is 0.269. The van der Waals surface area contributed by atoms with Crippen LogP contribution in [0.2, 0.25) is 0 Å². The fraction of sp³-hybridized carbons (Fsp3) is 0.333. The molecule has 19 heavy (non-hydrogen) atoms. The van der Waals surface area contributed by atoms with Crippen molar-refractivity contribution < 1.29 is 13.2 Å². The first-order chi connectivity index (χ1) is 8.64. The Morgan fingerprint density at radius 1 is 1.32 bits per heavy atom. The van der Waals surface area contributed by atoms with Crippen LogP contribution >= 0.6 is 12.2 Å². The summed E-state index contributed by atoms with van der Waals surface area (Å²) in [7, 11) is -1.88. The number of benzene rings is 1. The van der Waals surface area contributed by atoms with Gasteiger partial charge in [0.2, 0.25) is 5.91 Å². The van der Waals surface area contributed by atoms with Crippen molar-refractivity contribution in [1.82, 2.24) is 0 Å². The van der Waals surface area contributed by atoms with E-state index in [1.165, 1.54) is 18.9 Å². The SMILES string of the molecule is CC(C(=O)N(C)c1ccc(C(N)=S)cc1)S(C)(=O)=O. The van der Waals surface area contributed by atoms with Gasteiger partial charge in [-0.25, -0.2) is 8.42 Å². The van der Waals surface area contributed by atoms with Crippen LogP contribution < -0.4 is 10.6 Å². The predicted molar refractivity (Wildman–Crippen MR) is 80.0 cm³/mol. The van der Waals surface area contributed by atoms with Gasteiger partial charge in [-0.3, -0.25) is 4.79 Å². The molecule has 0 aliphatic rings. The van der Waals surface area contributed by atoms with Gasteiger partial charge in [-0.15, -0.1) is 0 Å².